The van der Waals surface area contributed by atoms with Crippen molar-refractivity contribution >= 4 is 5.91 Å². The summed E-state index contributed by atoms with van der Waals surface area (Å²) in [5, 5.41) is 3.02. The van der Waals surface area contributed by atoms with Crippen molar-refractivity contribution in [2.45, 2.75) is 32.7 Å². The van der Waals surface area contributed by atoms with Gasteiger partial charge in [-0.05, 0) is 44.9 Å². The van der Waals surface area contributed by atoms with Crippen LogP contribution in [0.3, 0.4) is 0 Å². The average Bonchev–Trinajstić information content (AvgIpc) is 2.46. The Labute approximate surface area is 132 Å². The number of carbonyl (C=O) groups excluding carboxylic acids is 1. The third-order valence-corrected chi connectivity index (χ3v) is 3.36. The van der Waals surface area contributed by atoms with Crippen LogP contribution >= 0.6 is 0 Å². The van der Waals surface area contributed by atoms with E-state index in [-0.39, 0.29) is 18.1 Å². The summed E-state index contributed by atoms with van der Waals surface area (Å²) in [6.45, 7) is 6.08. The van der Waals surface area contributed by atoms with Crippen LogP contribution in [0.5, 0.6) is 5.75 Å². The molecular weight excluding hydrogens is 274 g/mol. The van der Waals surface area contributed by atoms with Crippen LogP contribution in [0.2, 0.25) is 0 Å². The van der Waals surface area contributed by atoms with Gasteiger partial charge in [0.1, 0.15) is 5.75 Å². The first-order valence-electron chi connectivity index (χ1n) is 7.49. The highest BCUT2D eigenvalue weighted by Crippen LogP contribution is 2.13. The van der Waals surface area contributed by atoms with E-state index in [1.54, 1.807) is 0 Å². The fourth-order valence-corrected chi connectivity index (χ4v) is 2.35. The van der Waals surface area contributed by atoms with Gasteiger partial charge >= 0.3 is 0 Å². The van der Waals surface area contributed by atoms with Gasteiger partial charge < -0.3 is 10.1 Å². The van der Waals surface area contributed by atoms with Crippen LogP contribution in [0.1, 0.15) is 25.0 Å². The zero-order chi connectivity index (χ0) is 16.0. The van der Waals surface area contributed by atoms with E-state index < -0.39 is 0 Å². The molecule has 2 aromatic rings. The molecule has 0 aliphatic carbocycles. The predicted molar refractivity (Wildman–Crippen MR) is 89.0 cm³/mol. The van der Waals surface area contributed by atoms with E-state index in [9.17, 15) is 4.79 Å². The third-order valence-electron chi connectivity index (χ3n) is 3.36. The van der Waals surface area contributed by atoms with Gasteiger partial charge in [-0.1, -0.05) is 48.0 Å². The van der Waals surface area contributed by atoms with Gasteiger partial charge in [0.25, 0.3) is 5.91 Å². The molecule has 1 N–H and O–H groups in total. The molecule has 0 saturated heterocycles. The van der Waals surface area contributed by atoms with Gasteiger partial charge in [0.05, 0.1) is 0 Å². The molecule has 3 heteroatoms. The van der Waals surface area contributed by atoms with Gasteiger partial charge in [-0.3, -0.25) is 4.79 Å². The molecule has 2 aromatic carbocycles. The quantitative estimate of drug-likeness (QED) is 0.886. The van der Waals surface area contributed by atoms with E-state index in [1.807, 2.05) is 63.2 Å². The number of benzene rings is 2. The van der Waals surface area contributed by atoms with Gasteiger partial charge in [-0.25, -0.2) is 0 Å². The number of rotatable bonds is 6. The molecule has 0 aliphatic rings. The van der Waals surface area contributed by atoms with Crippen LogP contribution in [0.25, 0.3) is 0 Å². The zero-order valence-electron chi connectivity index (χ0n) is 13.4. The molecule has 0 atom stereocenters. The van der Waals surface area contributed by atoms with E-state index in [2.05, 4.69) is 17.4 Å². The van der Waals surface area contributed by atoms with Crippen molar-refractivity contribution in [3.8, 4) is 5.75 Å². The van der Waals surface area contributed by atoms with Gasteiger partial charge in [-0.15, -0.1) is 0 Å². The van der Waals surface area contributed by atoms with E-state index in [1.165, 1.54) is 11.1 Å². The molecule has 0 saturated carbocycles. The van der Waals surface area contributed by atoms with Crippen molar-refractivity contribution in [2.75, 3.05) is 6.61 Å². The van der Waals surface area contributed by atoms with Crippen LogP contribution in [0.4, 0.5) is 0 Å². The van der Waals surface area contributed by atoms with Crippen molar-refractivity contribution in [3.05, 3.63) is 65.7 Å². The monoisotopic (exact) mass is 297 g/mol. The van der Waals surface area contributed by atoms with Crippen molar-refractivity contribution in [3.63, 3.8) is 0 Å². The summed E-state index contributed by atoms with van der Waals surface area (Å²) < 4.78 is 5.51. The van der Waals surface area contributed by atoms with Crippen molar-refractivity contribution in [2.24, 2.45) is 0 Å². The average molecular weight is 297 g/mol. The molecule has 2 rings (SSSR count). The first kappa shape index (κ1) is 16.1. The highest BCUT2D eigenvalue weighted by atomic mass is 16.5. The first-order chi connectivity index (χ1) is 10.4. The second kappa shape index (κ2) is 7.12. The molecular formula is C19H23NO2. The smallest absolute Gasteiger partial charge is 0.258 e. The Morgan fingerprint density at radius 2 is 1.68 bits per heavy atom. The molecule has 1 amide bonds. The fourth-order valence-electron chi connectivity index (χ4n) is 2.35. The summed E-state index contributed by atoms with van der Waals surface area (Å²) in [7, 11) is 0. The van der Waals surface area contributed by atoms with Gasteiger partial charge in [0.15, 0.2) is 6.61 Å². The summed E-state index contributed by atoms with van der Waals surface area (Å²) >= 11 is 0. The Hall–Kier alpha value is -2.29. The molecule has 0 spiro atoms. The summed E-state index contributed by atoms with van der Waals surface area (Å²) in [6, 6.07) is 17.8. The number of aryl methyl sites for hydroxylation is 1. The van der Waals surface area contributed by atoms with E-state index in [4.69, 9.17) is 4.74 Å². The maximum Gasteiger partial charge on any atom is 0.258 e. The van der Waals surface area contributed by atoms with Crippen molar-refractivity contribution in [1.82, 2.24) is 5.32 Å². The van der Waals surface area contributed by atoms with E-state index in [0.717, 1.165) is 6.42 Å². The number of carbonyl (C=O) groups is 1. The number of hydrogen-bond acceptors (Lipinski definition) is 2. The zero-order valence-corrected chi connectivity index (χ0v) is 13.4. The summed E-state index contributed by atoms with van der Waals surface area (Å²) in [5.41, 5.74) is 2.06. The lowest BCUT2D eigenvalue weighted by molar-refractivity contribution is -0.124. The molecule has 0 aliphatic heterocycles. The molecule has 3 nitrogen and oxygen atoms in total. The minimum absolute atomic E-state index is 0.0290. The van der Waals surface area contributed by atoms with Crippen LogP contribution in [0.15, 0.2) is 54.6 Å². The Kier molecular flexibility index (Phi) is 5.21. The minimum atomic E-state index is -0.310. The first-order valence-corrected chi connectivity index (χ1v) is 7.49. The van der Waals surface area contributed by atoms with Gasteiger partial charge in [0, 0.05) is 5.54 Å². The number of hydrogen-bond donors (Lipinski definition) is 1. The standard InChI is InChI=1S/C19H23NO2/c1-15-9-11-17(12-10-15)22-14-18(21)20-19(2,3)13-16-7-5-4-6-8-16/h4-12H,13-14H2,1-3H3,(H,20,21). The van der Waals surface area contributed by atoms with E-state index >= 15 is 0 Å². The molecule has 0 fully saturated rings. The molecule has 0 radical (unpaired) electrons. The number of ether oxygens (including phenoxy) is 1. The third kappa shape index (κ3) is 5.24. The second-order valence-electron chi connectivity index (χ2n) is 6.20. The molecule has 116 valence electrons. The normalized spacial score (nSPS) is 11.0. The summed E-state index contributed by atoms with van der Waals surface area (Å²) in [4.78, 5) is 12.1. The maximum atomic E-state index is 12.1. The lowest BCUT2D eigenvalue weighted by atomic mass is 9.95. The summed E-state index contributed by atoms with van der Waals surface area (Å²) in [6.07, 6.45) is 0.782. The predicted octanol–water partition coefficient (Wildman–Crippen LogP) is 3.51. The SMILES string of the molecule is Cc1ccc(OCC(=O)NC(C)(C)Cc2ccccc2)cc1. The fraction of sp³-hybridized carbons (Fsp3) is 0.316. The van der Waals surface area contributed by atoms with Crippen molar-refractivity contribution < 1.29 is 9.53 Å². The van der Waals surface area contributed by atoms with Gasteiger partial charge in [0.2, 0.25) is 0 Å². The second-order valence-corrected chi connectivity index (χ2v) is 6.20. The van der Waals surface area contributed by atoms with E-state index in [0.29, 0.717) is 5.75 Å². The van der Waals surface area contributed by atoms with Crippen LogP contribution in [0, 0.1) is 6.92 Å². The lowest BCUT2D eigenvalue weighted by Gasteiger charge is -2.26. The van der Waals surface area contributed by atoms with Gasteiger partial charge in [-0.2, -0.15) is 0 Å². The Balaban J connectivity index is 1.83. The van der Waals surface area contributed by atoms with Crippen LogP contribution < -0.4 is 10.1 Å². The minimum Gasteiger partial charge on any atom is -0.484 e. The maximum absolute atomic E-state index is 12.1. The lowest BCUT2D eigenvalue weighted by Crippen LogP contribution is -2.47. The highest BCUT2D eigenvalue weighted by molar-refractivity contribution is 5.78. The molecule has 0 bridgehead atoms. The topological polar surface area (TPSA) is 38.3 Å². The number of nitrogens with one attached hydrogen (secondary N) is 1. The molecule has 0 aromatic heterocycles. The highest BCUT2D eigenvalue weighted by Gasteiger charge is 2.21. The largest absolute Gasteiger partial charge is 0.484 e. The Bertz CT molecular complexity index is 603. The number of amides is 1. The Morgan fingerprint density at radius 1 is 1.05 bits per heavy atom. The van der Waals surface area contributed by atoms with Crippen LogP contribution in [-0.4, -0.2) is 18.1 Å². The molecule has 0 unspecified atom stereocenters. The van der Waals surface area contributed by atoms with Crippen LogP contribution in [-0.2, 0) is 11.2 Å². The van der Waals surface area contributed by atoms with Crippen molar-refractivity contribution in [1.29, 1.82) is 0 Å². The summed E-state index contributed by atoms with van der Waals surface area (Å²) in [5.74, 6) is 0.600. The molecule has 0 heterocycles. The molecule has 22 heavy (non-hydrogen) atoms. The Morgan fingerprint density at radius 3 is 2.32 bits per heavy atom.